The number of rotatable bonds is 3. The third-order valence-electron chi connectivity index (χ3n) is 3.64. The number of sulfonamides is 1. The number of hydrogen-bond donors (Lipinski definition) is 1. The van der Waals surface area contributed by atoms with Crippen LogP contribution >= 0.6 is 11.3 Å². The maximum Gasteiger partial charge on any atom is 0.250 e. The number of ether oxygens (including phenoxy) is 2. The normalized spacial score (nSPS) is 24.0. The number of hydrogen-bond acceptors (Lipinski definition) is 5. The summed E-state index contributed by atoms with van der Waals surface area (Å²) in [4.78, 5) is 0. The minimum absolute atomic E-state index is 0.0227. The first-order chi connectivity index (χ1) is 9.10. The van der Waals surface area contributed by atoms with Crippen molar-refractivity contribution in [2.75, 3.05) is 13.2 Å². The van der Waals surface area contributed by atoms with Gasteiger partial charge in [-0.25, -0.2) is 13.1 Å². The standard InChI is InChI=1S/C12H17NO4S2/c14-19(15,11-2-1-9-18-11)13-10-3-5-12(6-4-10)16-7-8-17-12/h1-2,9-10,13H,3-8H2. The van der Waals surface area contributed by atoms with Gasteiger partial charge in [0.25, 0.3) is 0 Å². The van der Waals surface area contributed by atoms with Crippen molar-refractivity contribution in [1.29, 1.82) is 0 Å². The average molecular weight is 303 g/mol. The van der Waals surface area contributed by atoms with Gasteiger partial charge in [-0.3, -0.25) is 0 Å². The molecule has 1 N–H and O–H groups in total. The Balaban J connectivity index is 1.61. The van der Waals surface area contributed by atoms with Crippen molar-refractivity contribution in [2.45, 2.75) is 41.7 Å². The molecule has 19 heavy (non-hydrogen) atoms. The minimum Gasteiger partial charge on any atom is -0.348 e. The lowest BCUT2D eigenvalue weighted by Gasteiger charge is -2.35. The van der Waals surface area contributed by atoms with Crippen LogP contribution in [0.15, 0.2) is 21.7 Å². The van der Waals surface area contributed by atoms with Crippen molar-refractivity contribution >= 4 is 21.4 Å². The Morgan fingerprint density at radius 1 is 1.26 bits per heavy atom. The van der Waals surface area contributed by atoms with E-state index >= 15 is 0 Å². The van der Waals surface area contributed by atoms with Crippen LogP contribution in [0.3, 0.4) is 0 Å². The van der Waals surface area contributed by atoms with Gasteiger partial charge < -0.3 is 9.47 Å². The number of thiophene rings is 1. The fraction of sp³-hybridized carbons (Fsp3) is 0.667. The van der Waals surface area contributed by atoms with Crippen LogP contribution in [-0.4, -0.2) is 33.5 Å². The molecule has 0 aromatic carbocycles. The van der Waals surface area contributed by atoms with Gasteiger partial charge in [-0.1, -0.05) is 6.07 Å². The Morgan fingerprint density at radius 3 is 2.53 bits per heavy atom. The van der Waals surface area contributed by atoms with Gasteiger partial charge in [-0.15, -0.1) is 11.3 Å². The Morgan fingerprint density at radius 2 is 1.95 bits per heavy atom. The summed E-state index contributed by atoms with van der Waals surface area (Å²) in [5, 5.41) is 1.77. The first-order valence-electron chi connectivity index (χ1n) is 6.43. The van der Waals surface area contributed by atoms with E-state index in [1.807, 2.05) is 0 Å². The van der Waals surface area contributed by atoms with E-state index in [1.54, 1.807) is 17.5 Å². The Hall–Kier alpha value is -0.470. The predicted octanol–water partition coefficient (Wildman–Crippen LogP) is 1.71. The smallest absolute Gasteiger partial charge is 0.250 e. The third kappa shape index (κ3) is 2.85. The summed E-state index contributed by atoms with van der Waals surface area (Å²) in [6, 6.07) is 3.35. The highest BCUT2D eigenvalue weighted by Crippen LogP contribution is 2.36. The molecule has 7 heteroatoms. The van der Waals surface area contributed by atoms with E-state index in [4.69, 9.17) is 9.47 Å². The molecule has 1 saturated heterocycles. The molecule has 0 radical (unpaired) electrons. The highest BCUT2D eigenvalue weighted by Gasteiger charge is 2.41. The molecule has 0 bridgehead atoms. The third-order valence-corrected chi connectivity index (χ3v) is 6.56. The molecule has 1 saturated carbocycles. The van der Waals surface area contributed by atoms with E-state index in [9.17, 15) is 8.42 Å². The fourth-order valence-electron chi connectivity index (χ4n) is 2.66. The van der Waals surface area contributed by atoms with Crippen LogP contribution in [0.4, 0.5) is 0 Å². The highest BCUT2D eigenvalue weighted by molar-refractivity contribution is 7.91. The quantitative estimate of drug-likeness (QED) is 0.923. The molecule has 3 rings (SSSR count). The Bertz CT molecular complexity index is 510. The van der Waals surface area contributed by atoms with Crippen molar-refractivity contribution in [3.05, 3.63) is 17.5 Å². The van der Waals surface area contributed by atoms with Crippen molar-refractivity contribution in [2.24, 2.45) is 0 Å². The largest absolute Gasteiger partial charge is 0.348 e. The van der Waals surface area contributed by atoms with E-state index < -0.39 is 15.8 Å². The van der Waals surface area contributed by atoms with Crippen molar-refractivity contribution in [3.63, 3.8) is 0 Å². The maximum absolute atomic E-state index is 12.1. The molecular weight excluding hydrogens is 286 g/mol. The summed E-state index contributed by atoms with van der Waals surface area (Å²) in [5.74, 6) is -0.440. The first-order valence-corrected chi connectivity index (χ1v) is 8.80. The SMILES string of the molecule is O=S(=O)(NC1CCC2(CC1)OCCO2)c1cccs1. The molecule has 1 aromatic rings. The molecule has 1 aliphatic carbocycles. The Labute approximate surface area is 117 Å². The molecule has 1 aliphatic heterocycles. The summed E-state index contributed by atoms with van der Waals surface area (Å²) >= 11 is 1.24. The number of nitrogens with one attached hydrogen (secondary N) is 1. The summed E-state index contributed by atoms with van der Waals surface area (Å²) in [5.41, 5.74) is 0. The fourth-order valence-corrected chi connectivity index (χ4v) is 4.97. The zero-order valence-corrected chi connectivity index (χ0v) is 12.1. The van der Waals surface area contributed by atoms with Gasteiger partial charge in [0.05, 0.1) is 13.2 Å². The molecule has 2 heterocycles. The van der Waals surface area contributed by atoms with E-state index in [0.29, 0.717) is 17.4 Å². The summed E-state index contributed by atoms with van der Waals surface area (Å²) in [7, 11) is -3.36. The maximum atomic E-state index is 12.1. The summed E-state index contributed by atoms with van der Waals surface area (Å²) in [6.45, 7) is 1.29. The molecule has 0 unspecified atom stereocenters. The molecule has 106 valence electrons. The lowest BCUT2D eigenvalue weighted by Crippen LogP contribution is -2.43. The van der Waals surface area contributed by atoms with Gasteiger partial charge >= 0.3 is 0 Å². The monoisotopic (exact) mass is 303 g/mol. The van der Waals surface area contributed by atoms with Crippen LogP contribution in [0.1, 0.15) is 25.7 Å². The molecule has 5 nitrogen and oxygen atoms in total. The van der Waals surface area contributed by atoms with Crippen LogP contribution < -0.4 is 4.72 Å². The van der Waals surface area contributed by atoms with E-state index in [1.165, 1.54) is 11.3 Å². The van der Waals surface area contributed by atoms with Crippen LogP contribution in [0, 0.1) is 0 Å². The highest BCUT2D eigenvalue weighted by atomic mass is 32.2. The molecule has 2 aliphatic rings. The second-order valence-electron chi connectivity index (χ2n) is 4.94. The van der Waals surface area contributed by atoms with E-state index in [0.717, 1.165) is 25.7 Å². The first kappa shape index (κ1) is 13.5. The second kappa shape index (κ2) is 5.14. The molecule has 2 fully saturated rings. The summed E-state index contributed by atoms with van der Waals surface area (Å²) in [6.07, 6.45) is 3.02. The second-order valence-corrected chi connectivity index (χ2v) is 7.82. The lowest BCUT2D eigenvalue weighted by atomic mass is 9.91. The van der Waals surface area contributed by atoms with Crippen molar-refractivity contribution < 1.29 is 17.9 Å². The van der Waals surface area contributed by atoms with Gasteiger partial charge in [0.2, 0.25) is 10.0 Å². The molecular formula is C12H17NO4S2. The molecule has 1 spiro atoms. The van der Waals surface area contributed by atoms with Gasteiger partial charge in [-0.05, 0) is 24.3 Å². The average Bonchev–Trinajstić information content (AvgIpc) is 3.05. The molecule has 1 aromatic heterocycles. The van der Waals surface area contributed by atoms with Crippen LogP contribution in [0.25, 0.3) is 0 Å². The van der Waals surface area contributed by atoms with Crippen LogP contribution in [-0.2, 0) is 19.5 Å². The molecule has 0 atom stereocenters. The lowest BCUT2D eigenvalue weighted by molar-refractivity contribution is -0.178. The van der Waals surface area contributed by atoms with Gasteiger partial charge in [0, 0.05) is 18.9 Å². The van der Waals surface area contributed by atoms with E-state index in [-0.39, 0.29) is 6.04 Å². The zero-order chi connectivity index (χ0) is 13.3. The predicted molar refractivity (Wildman–Crippen MR) is 71.5 cm³/mol. The summed E-state index contributed by atoms with van der Waals surface area (Å²) < 4.78 is 38.6. The van der Waals surface area contributed by atoms with Gasteiger partial charge in [0.15, 0.2) is 5.79 Å². The van der Waals surface area contributed by atoms with Gasteiger partial charge in [0.1, 0.15) is 4.21 Å². The minimum atomic E-state index is -3.36. The van der Waals surface area contributed by atoms with Crippen LogP contribution in [0.5, 0.6) is 0 Å². The zero-order valence-electron chi connectivity index (χ0n) is 10.5. The van der Waals surface area contributed by atoms with E-state index in [2.05, 4.69) is 4.72 Å². The van der Waals surface area contributed by atoms with Crippen LogP contribution in [0.2, 0.25) is 0 Å². The van der Waals surface area contributed by atoms with Crippen molar-refractivity contribution in [3.8, 4) is 0 Å². The Kier molecular flexibility index (Phi) is 3.65. The van der Waals surface area contributed by atoms with Gasteiger partial charge in [-0.2, -0.15) is 0 Å². The topological polar surface area (TPSA) is 64.6 Å². The molecule has 0 amide bonds. The van der Waals surface area contributed by atoms with Crippen molar-refractivity contribution in [1.82, 2.24) is 4.72 Å².